The van der Waals surface area contributed by atoms with Crippen molar-refractivity contribution in [2.24, 2.45) is 11.8 Å². The van der Waals surface area contributed by atoms with Gasteiger partial charge in [-0.2, -0.15) is 0 Å². The van der Waals surface area contributed by atoms with E-state index in [2.05, 4.69) is 10.6 Å². The van der Waals surface area contributed by atoms with E-state index in [-0.39, 0.29) is 23.1 Å². The Morgan fingerprint density at radius 3 is 2.66 bits per heavy atom. The smallest absolute Gasteiger partial charge is 0.220 e. The number of hydrogen-bond acceptors (Lipinski definition) is 4. The van der Waals surface area contributed by atoms with Gasteiger partial charge in [-0.3, -0.25) is 9.59 Å². The maximum absolute atomic E-state index is 13.8. The first-order valence-corrected chi connectivity index (χ1v) is 11.9. The lowest BCUT2D eigenvalue weighted by molar-refractivity contribution is -0.151. The highest BCUT2D eigenvalue weighted by molar-refractivity contribution is 5.80. The highest BCUT2D eigenvalue weighted by Gasteiger charge is 2.57. The fourth-order valence-electron chi connectivity index (χ4n) is 7.46. The molecule has 3 atom stereocenters. The van der Waals surface area contributed by atoms with Crippen LogP contribution in [0, 0.1) is 17.7 Å². The zero-order valence-electron chi connectivity index (χ0n) is 18.7. The largest absolute Gasteiger partial charge is 0.494 e. The Bertz CT molecular complexity index is 921. The summed E-state index contributed by atoms with van der Waals surface area (Å²) < 4.78 is 18.9. The molecule has 4 bridgehead atoms. The number of nitrogens with one attached hydrogen (secondary N) is 2. The molecule has 2 amide bonds. The molecule has 1 aromatic carbocycles. The van der Waals surface area contributed by atoms with Gasteiger partial charge >= 0.3 is 0 Å². The second-order valence-corrected chi connectivity index (χ2v) is 11.0. The van der Waals surface area contributed by atoms with E-state index in [9.17, 15) is 19.1 Å². The Hall–Kier alpha value is -2.15. The van der Waals surface area contributed by atoms with E-state index in [4.69, 9.17) is 4.74 Å². The van der Waals surface area contributed by atoms with Crippen molar-refractivity contribution in [2.75, 3.05) is 7.11 Å². The van der Waals surface area contributed by atoms with Crippen molar-refractivity contribution >= 4 is 11.8 Å². The third-order valence-corrected chi connectivity index (χ3v) is 8.26. The van der Waals surface area contributed by atoms with Gasteiger partial charge in [-0.25, -0.2) is 4.39 Å². The third kappa shape index (κ3) is 4.12. The summed E-state index contributed by atoms with van der Waals surface area (Å²) in [5.41, 5.74) is -0.530. The second-order valence-electron chi connectivity index (χ2n) is 11.0. The standard InChI is InChI=1S/C25H33FN2O4/c1-32-20-9-16(2-3-19(20)26)10-23(6-4-21(29)27-23)7-5-22(30)28-24-11-17-8-18(12-24)14-25(31,13-17)15-24/h2-3,9,17-18,31H,4-8,10-15H2,1H3,(H,27,29)(H,28,30)/t17-,18-,23-,24?,25?/m0/s1. The zero-order valence-corrected chi connectivity index (χ0v) is 18.7. The van der Waals surface area contributed by atoms with Crippen LogP contribution in [-0.2, 0) is 16.0 Å². The number of benzene rings is 1. The number of methoxy groups -OCH3 is 1. The van der Waals surface area contributed by atoms with Gasteiger partial charge in [-0.05, 0) is 87.3 Å². The molecule has 4 aliphatic carbocycles. The zero-order chi connectivity index (χ0) is 22.6. The van der Waals surface area contributed by atoms with Gasteiger partial charge < -0.3 is 20.5 Å². The number of carbonyl (C=O) groups is 2. The van der Waals surface area contributed by atoms with Crippen LogP contribution in [0.2, 0.25) is 0 Å². The van der Waals surface area contributed by atoms with E-state index in [1.165, 1.54) is 19.6 Å². The molecule has 174 valence electrons. The molecule has 1 saturated heterocycles. The summed E-state index contributed by atoms with van der Waals surface area (Å²) in [4.78, 5) is 25.1. The van der Waals surface area contributed by atoms with Gasteiger partial charge in [0.1, 0.15) is 0 Å². The number of halogens is 1. The summed E-state index contributed by atoms with van der Waals surface area (Å²) in [6, 6.07) is 4.75. The topological polar surface area (TPSA) is 87.7 Å². The van der Waals surface area contributed by atoms with Crippen LogP contribution in [0.1, 0.15) is 69.8 Å². The maximum Gasteiger partial charge on any atom is 0.220 e. The number of rotatable bonds is 7. The molecule has 4 saturated carbocycles. The minimum atomic E-state index is -0.611. The van der Waals surface area contributed by atoms with Crippen molar-refractivity contribution < 1.29 is 23.8 Å². The average Bonchev–Trinajstić information content (AvgIpc) is 3.06. The molecule has 5 fully saturated rings. The summed E-state index contributed by atoms with van der Waals surface area (Å²) in [7, 11) is 1.43. The normalized spacial score (nSPS) is 37.4. The molecule has 1 heterocycles. The van der Waals surface area contributed by atoms with Crippen molar-refractivity contribution in [3.8, 4) is 5.75 Å². The van der Waals surface area contributed by atoms with Gasteiger partial charge in [0.15, 0.2) is 11.6 Å². The first-order chi connectivity index (χ1) is 15.2. The van der Waals surface area contributed by atoms with Gasteiger partial charge in [0.05, 0.1) is 12.7 Å². The lowest BCUT2D eigenvalue weighted by Gasteiger charge is -2.60. The van der Waals surface area contributed by atoms with Gasteiger partial charge in [0, 0.05) is 23.9 Å². The van der Waals surface area contributed by atoms with Crippen molar-refractivity contribution in [1.82, 2.24) is 10.6 Å². The number of aliphatic hydroxyl groups is 1. The van der Waals surface area contributed by atoms with Crippen LogP contribution in [0.15, 0.2) is 18.2 Å². The van der Waals surface area contributed by atoms with Crippen molar-refractivity contribution in [2.45, 2.75) is 87.3 Å². The fraction of sp³-hybridized carbons (Fsp3) is 0.680. The molecule has 6 rings (SSSR count). The molecule has 0 spiro atoms. The predicted octanol–water partition coefficient (Wildman–Crippen LogP) is 3.01. The number of ether oxygens (including phenoxy) is 1. The van der Waals surface area contributed by atoms with Crippen LogP contribution in [-0.4, -0.2) is 40.7 Å². The molecule has 1 aliphatic heterocycles. The Kier molecular flexibility index (Phi) is 5.23. The molecule has 7 heteroatoms. The van der Waals surface area contributed by atoms with Crippen molar-refractivity contribution in [3.05, 3.63) is 29.6 Å². The first-order valence-electron chi connectivity index (χ1n) is 11.9. The third-order valence-electron chi connectivity index (χ3n) is 8.26. The molecule has 0 radical (unpaired) electrons. The Labute approximate surface area is 188 Å². The van der Waals surface area contributed by atoms with E-state index >= 15 is 0 Å². The van der Waals surface area contributed by atoms with E-state index in [0.717, 1.165) is 31.2 Å². The van der Waals surface area contributed by atoms with E-state index in [1.807, 2.05) is 0 Å². The summed E-state index contributed by atoms with van der Waals surface area (Å²) >= 11 is 0. The van der Waals surface area contributed by atoms with Crippen molar-refractivity contribution in [3.63, 3.8) is 0 Å². The molecule has 3 N–H and O–H groups in total. The quantitative estimate of drug-likeness (QED) is 0.603. The molecule has 5 aliphatic rings. The molecular formula is C25H33FN2O4. The van der Waals surface area contributed by atoms with Crippen LogP contribution in [0.3, 0.4) is 0 Å². The molecule has 0 unspecified atom stereocenters. The lowest BCUT2D eigenvalue weighted by atomic mass is 9.51. The minimum absolute atomic E-state index is 0.00670. The van der Waals surface area contributed by atoms with E-state index in [0.29, 0.717) is 50.4 Å². The van der Waals surface area contributed by atoms with Crippen LogP contribution >= 0.6 is 0 Å². The molecule has 32 heavy (non-hydrogen) atoms. The molecule has 6 nitrogen and oxygen atoms in total. The number of carbonyl (C=O) groups excluding carboxylic acids is 2. The summed E-state index contributed by atoms with van der Waals surface area (Å²) in [5, 5.41) is 17.3. The molecular weight excluding hydrogens is 411 g/mol. The molecule has 1 aromatic rings. The van der Waals surface area contributed by atoms with Gasteiger partial charge in [-0.1, -0.05) is 6.07 Å². The van der Waals surface area contributed by atoms with Crippen LogP contribution in [0.5, 0.6) is 5.75 Å². The average molecular weight is 445 g/mol. The summed E-state index contributed by atoms with van der Waals surface area (Å²) in [5.74, 6) is 0.762. The maximum atomic E-state index is 13.8. The van der Waals surface area contributed by atoms with E-state index in [1.54, 1.807) is 12.1 Å². The highest BCUT2D eigenvalue weighted by Crippen LogP contribution is 2.57. The van der Waals surface area contributed by atoms with Gasteiger partial charge in [-0.15, -0.1) is 0 Å². The summed E-state index contributed by atoms with van der Waals surface area (Å²) in [6.07, 6.45) is 7.96. The molecule has 0 aromatic heterocycles. The van der Waals surface area contributed by atoms with Gasteiger partial charge in [0.2, 0.25) is 11.8 Å². The summed E-state index contributed by atoms with van der Waals surface area (Å²) in [6.45, 7) is 0. The second kappa shape index (κ2) is 7.72. The monoisotopic (exact) mass is 444 g/mol. The Balaban J connectivity index is 1.25. The van der Waals surface area contributed by atoms with E-state index < -0.39 is 17.0 Å². The van der Waals surface area contributed by atoms with Crippen LogP contribution in [0.25, 0.3) is 0 Å². The van der Waals surface area contributed by atoms with Crippen molar-refractivity contribution in [1.29, 1.82) is 0 Å². The van der Waals surface area contributed by atoms with Crippen LogP contribution < -0.4 is 15.4 Å². The Morgan fingerprint density at radius 1 is 1.28 bits per heavy atom. The number of hydrogen-bond donors (Lipinski definition) is 3. The Morgan fingerprint density at radius 2 is 2.03 bits per heavy atom. The first kappa shape index (κ1) is 21.7. The van der Waals surface area contributed by atoms with Gasteiger partial charge in [0.25, 0.3) is 0 Å². The highest BCUT2D eigenvalue weighted by atomic mass is 19.1. The fourth-order valence-corrected chi connectivity index (χ4v) is 7.46. The SMILES string of the molecule is COc1cc(C[C@@]2(CCC(=O)NC34C[C@@H]5C[C@H](CC(O)(C5)C3)C4)CCC(=O)N2)ccc1F. The lowest BCUT2D eigenvalue weighted by Crippen LogP contribution is -2.65. The number of amides is 2. The predicted molar refractivity (Wildman–Crippen MR) is 117 cm³/mol. The van der Waals surface area contributed by atoms with Crippen LogP contribution in [0.4, 0.5) is 4.39 Å². The minimum Gasteiger partial charge on any atom is -0.494 e.